The number of urea groups is 1. The zero-order valence-corrected chi connectivity index (χ0v) is 14.7. The molecule has 0 heterocycles. The van der Waals surface area contributed by atoms with Gasteiger partial charge in [-0.3, -0.25) is 0 Å². The predicted molar refractivity (Wildman–Crippen MR) is 98.7 cm³/mol. The van der Waals surface area contributed by atoms with E-state index >= 15 is 0 Å². The molecule has 0 bridgehead atoms. The van der Waals surface area contributed by atoms with E-state index in [1.165, 1.54) is 0 Å². The number of carbonyl (C=O) groups excluding carboxylic acids is 2. The lowest BCUT2D eigenvalue weighted by Crippen LogP contribution is -2.29. The fraction of sp³-hybridized carbons (Fsp3) is 0.300. The van der Waals surface area contributed by atoms with Gasteiger partial charge >= 0.3 is 12.0 Å². The first-order valence-corrected chi connectivity index (χ1v) is 8.46. The van der Waals surface area contributed by atoms with Crippen LogP contribution in [0.1, 0.15) is 41.3 Å². The molecule has 5 heteroatoms. The van der Waals surface area contributed by atoms with Gasteiger partial charge in [-0.25, -0.2) is 9.59 Å². The Balaban J connectivity index is 1.95. The molecule has 0 radical (unpaired) electrons. The van der Waals surface area contributed by atoms with Crippen molar-refractivity contribution in [2.24, 2.45) is 0 Å². The first-order chi connectivity index (χ1) is 12.1. The minimum absolute atomic E-state index is 0.351. The average molecular weight is 340 g/mol. The SMILES string of the molecule is CCCCOC(=O)c1ccccc1NC(=O)NCc1cccc(C)c1. The molecular weight excluding hydrogens is 316 g/mol. The molecule has 0 fully saturated rings. The third kappa shape index (κ3) is 5.95. The zero-order chi connectivity index (χ0) is 18.1. The summed E-state index contributed by atoms with van der Waals surface area (Å²) in [6.07, 6.45) is 1.77. The normalized spacial score (nSPS) is 10.2. The highest BCUT2D eigenvalue weighted by Gasteiger charge is 2.14. The number of ether oxygens (including phenoxy) is 1. The van der Waals surface area contributed by atoms with E-state index in [9.17, 15) is 9.59 Å². The highest BCUT2D eigenvalue weighted by Crippen LogP contribution is 2.16. The van der Waals surface area contributed by atoms with Gasteiger partial charge in [0.05, 0.1) is 17.9 Å². The number of anilines is 1. The Morgan fingerprint density at radius 2 is 1.88 bits per heavy atom. The number of nitrogens with one attached hydrogen (secondary N) is 2. The Bertz CT molecular complexity index is 728. The Morgan fingerprint density at radius 1 is 1.08 bits per heavy atom. The number of benzene rings is 2. The van der Waals surface area contributed by atoms with E-state index in [4.69, 9.17) is 4.74 Å². The van der Waals surface area contributed by atoms with Gasteiger partial charge in [0.2, 0.25) is 0 Å². The number of aryl methyl sites for hydroxylation is 1. The smallest absolute Gasteiger partial charge is 0.340 e. The fourth-order valence-electron chi connectivity index (χ4n) is 2.33. The van der Waals surface area contributed by atoms with Crippen molar-refractivity contribution in [3.63, 3.8) is 0 Å². The summed E-state index contributed by atoms with van der Waals surface area (Å²) in [5.74, 6) is -0.428. The van der Waals surface area contributed by atoms with E-state index < -0.39 is 5.97 Å². The minimum Gasteiger partial charge on any atom is -0.462 e. The molecule has 0 aliphatic carbocycles. The molecule has 132 valence electrons. The molecule has 25 heavy (non-hydrogen) atoms. The van der Waals surface area contributed by atoms with Gasteiger partial charge in [0.15, 0.2) is 0 Å². The second kappa shape index (κ2) is 9.47. The number of carbonyl (C=O) groups is 2. The van der Waals surface area contributed by atoms with Gasteiger partial charge in [0.1, 0.15) is 0 Å². The molecule has 0 saturated heterocycles. The quantitative estimate of drug-likeness (QED) is 0.584. The molecule has 0 aromatic heterocycles. The third-order valence-electron chi connectivity index (χ3n) is 3.66. The lowest BCUT2D eigenvalue weighted by atomic mass is 10.1. The van der Waals surface area contributed by atoms with Crippen molar-refractivity contribution in [2.75, 3.05) is 11.9 Å². The monoisotopic (exact) mass is 340 g/mol. The van der Waals surface area contributed by atoms with E-state index in [0.717, 1.165) is 24.0 Å². The molecule has 0 atom stereocenters. The van der Waals surface area contributed by atoms with Crippen LogP contribution < -0.4 is 10.6 Å². The summed E-state index contributed by atoms with van der Waals surface area (Å²) in [6, 6.07) is 14.4. The van der Waals surface area contributed by atoms with Crippen LogP contribution in [0.3, 0.4) is 0 Å². The van der Waals surface area contributed by atoms with E-state index in [0.29, 0.717) is 24.4 Å². The summed E-state index contributed by atoms with van der Waals surface area (Å²) in [4.78, 5) is 24.3. The van der Waals surface area contributed by atoms with Gasteiger partial charge in [0.25, 0.3) is 0 Å². The predicted octanol–water partition coefficient (Wildman–Crippen LogP) is 4.27. The highest BCUT2D eigenvalue weighted by molar-refractivity contribution is 6.00. The summed E-state index contributed by atoms with van der Waals surface area (Å²) >= 11 is 0. The van der Waals surface area contributed by atoms with Crippen LogP contribution in [0.25, 0.3) is 0 Å². The maximum Gasteiger partial charge on any atom is 0.340 e. The van der Waals surface area contributed by atoms with Crippen molar-refractivity contribution < 1.29 is 14.3 Å². The molecule has 2 aromatic rings. The van der Waals surface area contributed by atoms with E-state index in [-0.39, 0.29) is 6.03 Å². The van der Waals surface area contributed by atoms with Crippen LogP contribution in [-0.4, -0.2) is 18.6 Å². The molecule has 0 saturated carbocycles. The Hall–Kier alpha value is -2.82. The molecule has 0 spiro atoms. The van der Waals surface area contributed by atoms with Crippen molar-refractivity contribution in [1.82, 2.24) is 5.32 Å². The Kier molecular flexibility index (Phi) is 7.01. The molecular formula is C20H24N2O3. The number of para-hydroxylation sites is 1. The van der Waals surface area contributed by atoms with Crippen LogP contribution in [0.2, 0.25) is 0 Å². The highest BCUT2D eigenvalue weighted by atomic mass is 16.5. The standard InChI is InChI=1S/C20H24N2O3/c1-3-4-12-25-19(23)17-10-5-6-11-18(17)22-20(24)21-14-16-9-7-8-15(2)13-16/h5-11,13H,3-4,12,14H2,1-2H3,(H2,21,22,24). The molecule has 2 rings (SSSR count). The van der Waals surface area contributed by atoms with Crippen LogP contribution in [0.5, 0.6) is 0 Å². The van der Waals surface area contributed by atoms with Crippen LogP contribution in [0, 0.1) is 6.92 Å². The second-order valence-electron chi connectivity index (χ2n) is 5.83. The Morgan fingerprint density at radius 3 is 2.64 bits per heavy atom. The van der Waals surface area contributed by atoms with Crippen molar-refractivity contribution in [3.8, 4) is 0 Å². The minimum atomic E-state index is -0.428. The molecule has 0 unspecified atom stereocenters. The average Bonchev–Trinajstić information content (AvgIpc) is 2.61. The molecule has 5 nitrogen and oxygen atoms in total. The Labute approximate surface area is 148 Å². The summed E-state index contributed by atoms with van der Waals surface area (Å²) in [6.45, 7) is 4.83. The largest absolute Gasteiger partial charge is 0.462 e. The van der Waals surface area contributed by atoms with Crippen LogP contribution in [0.4, 0.5) is 10.5 Å². The van der Waals surface area contributed by atoms with Gasteiger partial charge in [-0.15, -0.1) is 0 Å². The van der Waals surface area contributed by atoms with Gasteiger partial charge in [-0.1, -0.05) is 55.3 Å². The van der Waals surface area contributed by atoms with E-state index in [2.05, 4.69) is 10.6 Å². The van der Waals surface area contributed by atoms with Crippen molar-refractivity contribution >= 4 is 17.7 Å². The lowest BCUT2D eigenvalue weighted by Gasteiger charge is -2.12. The molecule has 2 N–H and O–H groups in total. The summed E-state index contributed by atoms with van der Waals surface area (Å²) < 4.78 is 5.22. The summed E-state index contributed by atoms with van der Waals surface area (Å²) in [7, 11) is 0. The third-order valence-corrected chi connectivity index (χ3v) is 3.66. The fourth-order valence-corrected chi connectivity index (χ4v) is 2.33. The van der Waals surface area contributed by atoms with Gasteiger partial charge in [-0.2, -0.15) is 0 Å². The number of rotatable bonds is 7. The number of unbranched alkanes of at least 4 members (excludes halogenated alkanes) is 1. The maximum absolute atomic E-state index is 12.1. The summed E-state index contributed by atoms with van der Waals surface area (Å²) in [5.41, 5.74) is 2.94. The lowest BCUT2D eigenvalue weighted by molar-refractivity contribution is 0.0501. The topological polar surface area (TPSA) is 67.4 Å². The zero-order valence-electron chi connectivity index (χ0n) is 14.7. The first-order valence-electron chi connectivity index (χ1n) is 8.46. The molecule has 0 aliphatic rings. The number of esters is 1. The van der Waals surface area contributed by atoms with Crippen LogP contribution >= 0.6 is 0 Å². The first kappa shape index (κ1) is 18.5. The number of hydrogen-bond acceptors (Lipinski definition) is 3. The van der Waals surface area contributed by atoms with Crippen LogP contribution in [0.15, 0.2) is 48.5 Å². The number of hydrogen-bond donors (Lipinski definition) is 2. The van der Waals surface area contributed by atoms with Crippen molar-refractivity contribution in [2.45, 2.75) is 33.2 Å². The van der Waals surface area contributed by atoms with Crippen molar-refractivity contribution in [3.05, 3.63) is 65.2 Å². The van der Waals surface area contributed by atoms with Crippen molar-refractivity contribution in [1.29, 1.82) is 0 Å². The number of amides is 2. The maximum atomic E-state index is 12.1. The van der Waals surface area contributed by atoms with Gasteiger partial charge < -0.3 is 15.4 Å². The second-order valence-corrected chi connectivity index (χ2v) is 5.83. The molecule has 2 aromatic carbocycles. The van der Waals surface area contributed by atoms with Crippen LogP contribution in [-0.2, 0) is 11.3 Å². The van der Waals surface area contributed by atoms with E-state index in [1.807, 2.05) is 38.1 Å². The molecule has 2 amide bonds. The van der Waals surface area contributed by atoms with Gasteiger partial charge in [0, 0.05) is 6.54 Å². The van der Waals surface area contributed by atoms with Gasteiger partial charge in [-0.05, 0) is 31.0 Å². The molecule has 0 aliphatic heterocycles. The van der Waals surface area contributed by atoms with E-state index in [1.54, 1.807) is 24.3 Å². The summed E-state index contributed by atoms with van der Waals surface area (Å²) in [5, 5.41) is 5.51.